The smallest absolute Gasteiger partial charge is 0.247 e. The Morgan fingerprint density at radius 1 is 1.02 bits per heavy atom. The van der Waals surface area contributed by atoms with Crippen LogP contribution in [0.2, 0.25) is 0 Å². The predicted octanol–water partition coefficient (Wildman–Crippen LogP) is 4.90. The molecule has 6 rings (SSSR count). The largest absolute Gasteiger partial charge is 0.494 e. The van der Waals surface area contributed by atoms with E-state index in [4.69, 9.17) is 4.74 Å². The first-order valence-electron chi connectivity index (χ1n) is 15.6. The molecule has 2 aromatic heterocycles. The Morgan fingerprint density at radius 3 is 2.49 bits per heavy atom. The van der Waals surface area contributed by atoms with Crippen molar-refractivity contribution < 1.29 is 9.53 Å². The van der Waals surface area contributed by atoms with Crippen molar-refractivity contribution in [3.05, 3.63) is 61.6 Å². The highest BCUT2D eigenvalue weighted by molar-refractivity contribution is 6.02. The Kier molecular flexibility index (Phi) is 8.73. The number of likely N-dealkylation sites (N-methyl/N-ethyl adjacent to an activating group) is 1. The summed E-state index contributed by atoms with van der Waals surface area (Å²) in [5, 5.41) is 11.8. The van der Waals surface area contributed by atoms with E-state index in [-0.39, 0.29) is 5.91 Å². The Labute approximate surface area is 264 Å². The van der Waals surface area contributed by atoms with Crippen LogP contribution in [0.3, 0.4) is 0 Å². The molecule has 2 fully saturated rings. The molecule has 45 heavy (non-hydrogen) atoms. The molecule has 2 aliphatic rings. The highest BCUT2D eigenvalue weighted by atomic mass is 16.5. The van der Waals surface area contributed by atoms with E-state index in [1.807, 2.05) is 48.3 Å². The number of fused-ring (bicyclic) bond motifs is 1. The Bertz CT molecular complexity index is 1680. The fraction of sp³-hybridized carbons (Fsp3) is 0.412. The number of hydrogen-bond acceptors (Lipinski definition) is 9. The summed E-state index contributed by atoms with van der Waals surface area (Å²) in [5.41, 5.74) is 5.10. The van der Waals surface area contributed by atoms with Gasteiger partial charge in [-0.2, -0.15) is 5.10 Å². The van der Waals surface area contributed by atoms with Crippen molar-refractivity contribution in [3.63, 3.8) is 0 Å². The fourth-order valence-corrected chi connectivity index (χ4v) is 6.64. The molecule has 2 aromatic carbocycles. The lowest BCUT2D eigenvalue weighted by Crippen LogP contribution is -2.59. The number of piperidine rings is 1. The first-order valence-corrected chi connectivity index (χ1v) is 15.6. The van der Waals surface area contributed by atoms with Gasteiger partial charge >= 0.3 is 0 Å². The van der Waals surface area contributed by atoms with Gasteiger partial charge in [0.1, 0.15) is 17.9 Å². The number of nitrogens with one attached hydrogen (secondary N) is 2. The van der Waals surface area contributed by atoms with Crippen molar-refractivity contribution >= 4 is 39.7 Å². The molecule has 0 unspecified atom stereocenters. The summed E-state index contributed by atoms with van der Waals surface area (Å²) in [5.74, 6) is 0.995. The third-order valence-corrected chi connectivity index (χ3v) is 9.44. The van der Waals surface area contributed by atoms with Crippen LogP contribution in [0.5, 0.6) is 5.75 Å². The lowest BCUT2D eigenvalue weighted by Gasteiger charge is -2.48. The monoisotopic (exact) mass is 609 g/mol. The number of rotatable bonds is 8. The second-order valence-electron chi connectivity index (χ2n) is 12.3. The van der Waals surface area contributed by atoms with Gasteiger partial charge in [-0.1, -0.05) is 12.6 Å². The predicted molar refractivity (Wildman–Crippen MR) is 180 cm³/mol. The molecule has 1 amide bonds. The van der Waals surface area contributed by atoms with Crippen molar-refractivity contribution in [2.45, 2.75) is 44.8 Å². The number of methoxy groups -OCH3 is 1. The van der Waals surface area contributed by atoms with Crippen LogP contribution in [-0.4, -0.2) is 93.9 Å². The Balaban J connectivity index is 1.24. The Morgan fingerprint density at radius 2 is 1.78 bits per heavy atom. The number of aromatic nitrogens is 4. The van der Waals surface area contributed by atoms with Crippen LogP contribution in [0.4, 0.5) is 22.9 Å². The van der Waals surface area contributed by atoms with Crippen LogP contribution in [0, 0.1) is 0 Å². The quantitative estimate of drug-likeness (QED) is 0.270. The van der Waals surface area contributed by atoms with E-state index in [2.05, 4.69) is 73.9 Å². The van der Waals surface area contributed by atoms with E-state index in [1.54, 1.807) is 13.4 Å². The number of benzene rings is 2. The maximum absolute atomic E-state index is 12.5. The molecule has 0 aliphatic carbocycles. The summed E-state index contributed by atoms with van der Waals surface area (Å²) in [6, 6.07) is 13.6. The zero-order valence-corrected chi connectivity index (χ0v) is 26.8. The zero-order chi connectivity index (χ0) is 31.7. The highest BCUT2D eigenvalue weighted by Gasteiger charge is 2.33. The van der Waals surface area contributed by atoms with Gasteiger partial charge in [0.2, 0.25) is 5.91 Å². The van der Waals surface area contributed by atoms with Crippen molar-refractivity contribution in [1.29, 1.82) is 0 Å². The average molecular weight is 610 g/mol. The van der Waals surface area contributed by atoms with Crippen LogP contribution in [0.25, 0.3) is 22.2 Å². The summed E-state index contributed by atoms with van der Waals surface area (Å²) < 4.78 is 7.71. The van der Waals surface area contributed by atoms with E-state index in [1.165, 1.54) is 6.08 Å². The van der Waals surface area contributed by atoms with Crippen molar-refractivity contribution in [3.8, 4) is 17.0 Å². The lowest BCUT2D eigenvalue weighted by atomic mass is 9.98. The molecule has 4 aromatic rings. The first kappa shape index (κ1) is 30.5. The van der Waals surface area contributed by atoms with Gasteiger partial charge in [-0.15, -0.1) is 0 Å². The molecule has 2 N–H and O–H groups in total. The summed E-state index contributed by atoms with van der Waals surface area (Å²) in [4.78, 5) is 29.0. The second kappa shape index (κ2) is 12.9. The van der Waals surface area contributed by atoms with Gasteiger partial charge in [0.15, 0.2) is 0 Å². The minimum absolute atomic E-state index is 0.266. The van der Waals surface area contributed by atoms with Gasteiger partial charge in [0.25, 0.3) is 0 Å². The molecule has 236 valence electrons. The topological polar surface area (TPSA) is 104 Å². The molecule has 2 aliphatic heterocycles. The van der Waals surface area contributed by atoms with Gasteiger partial charge in [0, 0.05) is 74.4 Å². The minimum Gasteiger partial charge on any atom is -0.494 e. The van der Waals surface area contributed by atoms with Crippen LogP contribution < -0.4 is 20.3 Å². The molecule has 2 atom stereocenters. The van der Waals surface area contributed by atoms with E-state index in [0.29, 0.717) is 41.1 Å². The highest BCUT2D eigenvalue weighted by Crippen LogP contribution is 2.40. The number of ether oxygens (including phenoxy) is 1. The number of nitrogens with zero attached hydrogens (tertiary/aromatic N) is 7. The van der Waals surface area contributed by atoms with E-state index >= 15 is 0 Å². The molecule has 4 heterocycles. The Hall–Kier alpha value is -4.48. The lowest BCUT2D eigenvalue weighted by molar-refractivity contribution is -0.111. The summed E-state index contributed by atoms with van der Waals surface area (Å²) >= 11 is 0. The second-order valence-corrected chi connectivity index (χ2v) is 12.3. The number of aryl methyl sites for hydroxylation is 1. The zero-order valence-electron chi connectivity index (χ0n) is 26.8. The molecule has 0 radical (unpaired) electrons. The molecule has 11 heteroatoms. The van der Waals surface area contributed by atoms with Crippen molar-refractivity contribution in [2.75, 3.05) is 55.9 Å². The van der Waals surface area contributed by atoms with Crippen molar-refractivity contribution in [1.82, 2.24) is 29.5 Å². The molecular weight excluding hydrogens is 566 g/mol. The van der Waals surface area contributed by atoms with Crippen LogP contribution in [0.15, 0.2) is 61.6 Å². The third kappa shape index (κ3) is 6.36. The standard InChI is InChI=1S/C34H43N9O2/c1-7-34(44)39-28-15-29(38-33-16-27(35-21-36-33)24-8-9-30-25(14-24)18-37-41(30)5)32(45-6)17-31(28)42-12-10-26(11-13-42)43-19-22(2)40(4)23(3)20-43/h7-9,14-18,21-23,26H,1,10-13,19-20H2,2-6H3,(H,39,44)(H,35,36,38)/t22-,23+. The van der Waals surface area contributed by atoms with Gasteiger partial charge in [-0.25, -0.2) is 9.97 Å². The molecule has 0 spiro atoms. The molecule has 11 nitrogen and oxygen atoms in total. The van der Waals surface area contributed by atoms with Gasteiger partial charge in [-0.05, 0) is 58.0 Å². The fourth-order valence-electron chi connectivity index (χ4n) is 6.64. The number of carbonyl (C=O) groups excluding carboxylic acids is 1. The summed E-state index contributed by atoms with van der Waals surface area (Å²) in [6.07, 6.45) is 6.81. The van der Waals surface area contributed by atoms with Crippen LogP contribution in [0.1, 0.15) is 26.7 Å². The molecule has 0 bridgehead atoms. The number of hydrogen-bond donors (Lipinski definition) is 2. The average Bonchev–Trinajstić information content (AvgIpc) is 3.43. The van der Waals surface area contributed by atoms with Crippen molar-refractivity contribution in [2.24, 2.45) is 7.05 Å². The minimum atomic E-state index is -0.266. The van der Waals surface area contributed by atoms with Crippen LogP contribution in [-0.2, 0) is 11.8 Å². The number of anilines is 4. The molecular formula is C34H43N9O2. The van der Waals surface area contributed by atoms with Gasteiger partial charge < -0.3 is 20.3 Å². The number of piperazine rings is 1. The first-order chi connectivity index (χ1) is 21.7. The van der Waals surface area contributed by atoms with Crippen LogP contribution >= 0.6 is 0 Å². The third-order valence-electron chi connectivity index (χ3n) is 9.44. The number of amides is 1. The summed E-state index contributed by atoms with van der Waals surface area (Å²) in [7, 11) is 5.81. The maximum atomic E-state index is 12.5. The van der Waals surface area contributed by atoms with Gasteiger partial charge in [-0.3, -0.25) is 19.3 Å². The van der Waals surface area contributed by atoms with E-state index in [9.17, 15) is 4.79 Å². The van der Waals surface area contributed by atoms with Gasteiger partial charge in [0.05, 0.1) is 41.6 Å². The molecule has 0 saturated carbocycles. The number of carbonyl (C=O) groups is 1. The normalized spacial score (nSPS) is 19.9. The molecule has 2 saturated heterocycles. The van der Waals surface area contributed by atoms with E-state index < -0.39 is 0 Å². The van der Waals surface area contributed by atoms with E-state index in [0.717, 1.165) is 66.9 Å². The maximum Gasteiger partial charge on any atom is 0.247 e. The summed E-state index contributed by atoms with van der Waals surface area (Å²) in [6.45, 7) is 12.3. The SMILES string of the molecule is C=CC(=O)Nc1cc(Nc2cc(-c3ccc4c(cnn4C)c3)ncn2)c(OC)cc1N1CCC(N2C[C@@H](C)N(C)[C@@H](C)C2)CC1.